The first-order valence-electron chi connectivity index (χ1n) is 7.95. The van der Waals surface area contributed by atoms with E-state index < -0.39 is 0 Å². The van der Waals surface area contributed by atoms with Crippen LogP contribution in [0.1, 0.15) is 51.5 Å². The van der Waals surface area contributed by atoms with Crippen molar-refractivity contribution in [1.82, 2.24) is 0 Å². The number of carbonyl (C=O) groups is 1. The molecule has 1 aromatic rings. The number of ketones is 1. The molecule has 1 aliphatic carbocycles. The van der Waals surface area contributed by atoms with Crippen LogP contribution < -0.4 is 0 Å². The van der Waals surface area contributed by atoms with Crippen LogP contribution in [0.2, 0.25) is 0 Å². The zero-order valence-electron chi connectivity index (χ0n) is 13.2. The van der Waals surface area contributed by atoms with Gasteiger partial charge < -0.3 is 4.74 Å². The highest BCUT2D eigenvalue weighted by Gasteiger charge is 2.32. The van der Waals surface area contributed by atoms with Gasteiger partial charge in [0.2, 0.25) is 0 Å². The Kier molecular flexibility index (Phi) is 5.75. The predicted octanol–water partition coefficient (Wildman–Crippen LogP) is 4.69. The van der Waals surface area contributed by atoms with Crippen LogP contribution in [0, 0.1) is 5.41 Å². The van der Waals surface area contributed by atoms with E-state index in [1.165, 1.54) is 12.0 Å². The van der Waals surface area contributed by atoms with Crippen LogP contribution in [-0.2, 0) is 16.1 Å². The standard InChI is InChI=1S/C19H26O2/c1-16(20)18-11-6-7-12-19(18,2)13-8-14-21-15-17-9-4-3-5-10-17/h3-5,9-11H,6-8,12-15H2,1-2H3/t19-/m0/s1. The number of carbonyl (C=O) groups excluding carboxylic acids is 1. The Balaban J connectivity index is 1.76. The smallest absolute Gasteiger partial charge is 0.156 e. The van der Waals surface area contributed by atoms with Gasteiger partial charge in [-0.1, -0.05) is 43.3 Å². The molecule has 0 fully saturated rings. The number of hydrogen-bond donors (Lipinski definition) is 0. The molecule has 21 heavy (non-hydrogen) atoms. The van der Waals surface area contributed by atoms with Crippen LogP contribution in [0.4, 0.5) is 0 Å². The highest BCUT2D eigenvalue weighted by Crippen LogP contribution is 2.41. The van der Waals surface area contributed by atoms with Crippen molar-refractivity contribution in [2.45, 2.75) is 52.6 Å². The van der Waals surface area contributed by atoms with Gasteiger partial charge in [0.15, 0.2) is 5.78 Å². The van der Waals surface area contributed by atoms with Crippen molar-refractivity contribution in [1.29, 1.82) is 0 Å². The summed E-state index contributed by atoms with van der Waals surface area (Å²) < 4.78 is 5.75. The molecule has 1 aromatic carbocycles. The van der Waals surface area contributed by atoms with E-state index in [2.05, 4.69) is 25.1 Å². The number of ether oxygens (including phenoxy) is 1. The summed E-state index contributed by atoms with van der Waals surface area (Å²) in [5.41, 5.74) is 2.31. The van der Waals surface area contributed by atoms with E-state index in [0.717, 1.165) is 37.9 Å². The predicted molar refractivity (Wildman–Crippen MR) is 86.1 cm³/mol. The summed E-state index contributed by atoms with van der Waals surface area (Å²) >= 11 is 0. The van der Waals surface area contributed by atoms with Crippen molar-refractivity contribution >= 4 is 5.78 Å². The average molecular weight is 286 g/mol. The first-order chi connectivity index (χ1) is 10.1. The lowest BCUT2D eigenvalue weighted by molar-refractivity contribution is -0.114. The SMILES string of the molecule is CC(=O)C1=CCCC[C@@]1(C)CCCOCc1ccccc1. The van der Waals surface area contributed by atoms with Gasteiger partial charge in [-0.2, -0.15) is 0 Å². The Bertz CT molecular complexity index is 490. The molecule has 2 heteroatoms. The molecular formula is C19H26O2. The fraction of sp³-hybridized carbons (Fsp3) is 0.526. The third-order valence-electron chi connectivity index (χ3n) is 4.44. The lowest BCUT2D eigenvalue weighted by atomic mass is 9.70. The lowest BCUT2D eigenvalue weighted by Gasteiger charge is -2.34. The van der Waals surface area contributed by atoms with Gasteiger partial charge in [0.25, 0.3) is 0 Å². The first-order valence-corrected chi connectivity index (χ1v) is 7.95. The summed E-state index contributed by atoms with van der Waals surface area (Å²) in [4.78, 5) is 11.8. The molecule has 0 bridgehead atoms. The van der Waals surface area contributed by atoms with Gasteiger partial charge in [-0.15, -0.1) is 0 Å². The zero-order chi connectivity index (χ0) is 15.1. The summed E-state index contributed by atoms with van der Waals surface area (Å²) in [6, 6.07) is 10.2. The number of Topliss-reactive ketones (excluding diaryl/α,β-unsaturated/α-hetero) is 1. The largest absolute Gasteiger partial charge is 0.377 e. The van der Waals surface area contributed by atoms with Gasteiger partial charge in [-0.25, -0.2) is 0 Å². The first kappa shape index (κ1) is 16.0. The number of hydrogen-bond acceptors (Lipinski definition) is 2. The molecule has 0 spiro atoms. The normalized spacial score (nSPS) is 21.9. The van der Waals surface area contributed by atoms with E-state index in [1.807, 2.05) is 18.2 Å². The van der Waals surface area contributed by atoms with E-state index in [-0.39, 0.29) is 11.2 Å². The van der Waals surface area contributed by atoms with Crippen LogP contribution in [0.3, 0.4) is 0 Å². The van der Waals surface area contributed by atoms with Crippen molar-refractivity contribution < 1.29 is 9.53 Å². The zero-order valence-corrected chi connectivity index (χ0v) is 13.2. The molecule has 0 unspecified atom stereocenters. The van der Waals surface area contributed by atoms with Crippen molar-refractivity contribution in [3.8, 4) is 0 Å². The Hall–Kier alpha value is -1.41. The van der Waals surface area contributed by atoms with Crippen LogP contribution >= 0.6 is 0 Å². The second-order valence-electron chi connectivity index (χ2n) is 6.27. The van der Waals surface area contributed by atoms with Gasteiger partial charge in [0.1, 0.15) is 0 Å². The van der Waals surface area contributed by atoms with E-state index in [0.29, 0.717) is 6.61 Å². The summed E-state index contributed by atoms with van der Waals surface area (Å²) in [6.07, 6.45) is 7.56. The second-order valence-corrected chi connectivity index (χ2v) is 6.27. The number of rotatable bonds is 7. The number of benzene rings is 1. The van der Waals surface area contributed by atoms with E-state index in [9.17, 15) is 4.79 Å². The average Bonchev–Trinajstić information content (AvgIpc) is 2.48. The van der Waals surface area contributed by atoms with Gasteiger partial charge in [-0.3, -0.25) is 4.79 Å². The van der Waals surface area contributed by atoms with Gasteiger partial charge in [0, 0.05) is 6.61 Å². The topological polar surface area (TPSA) is 26.3 Å². The molecule has 2 rings (SSSR count). The van der Waals surface area contributed by atoms with E-state index in [1.54, 1.807) is 6.92 Å². The molecule has 0 N–H and O–H groups in total. The second kappa shape index (κ2) is 7.56. The maximum atomic E-state index is 11.8. The van der Waals surface area contributed by atoms with Crippen molar-refractivity contribution in [3.05, 3.63) is 47.5 Å². The summed E-state index contributed by atoms with van der Waals surface area (Å²) in [5.74, 6) is 0.238. The Labute approximate surface area is 128 Å². The highest BCUT2D eigenvalue weighted by atomic mass is 16.5. The van der Waals surface area contributed by atoms with Crippen molar-refractivity contribution in [2.75, 3.05) is 6.61 Å². The summed E-state index contributed by atoms with van der Waals surface area (Å²) in [5, 5.41) is 0. The minimum atomic E-state index is 0.0557. The van der Waals surface area contributed by atoms with E-state index >= 15 is 0 Å². The molecule has 0 aliphatic heterocycles. The quantitative estimate of drug-likeness (QED) is 0.680. The molecule has 1 atom stereocenters. The number of allylic oxidation sites excluding steroid dienone is 2. The highest BCUT2D eigenvalue weighted by molar-refractivity contribution is 5.94. The molecule has 114 valence electrons. The van der Waals surface area contributed by atoms with Crippen LogP contribution in [0.25, 0.3) is 0 Å². The third-order valence-corrected chi connectivity index (χ3v) is 4.44. The Morgan fingerprint density at radius 2 is 2.05 bits per heavy atom. The lowest BCUT2D eigenvalue weighted by Crippen LogP contribution is -2.26. The maximum Gasteiger partial charge on any atom is 0.156 e. The minimum absolute atomic E-state index is 0.0557. The van der Waals surface area contributed by atoms with Crippen molar-refractivity contribution in [3.63, 3.8) is 0 Å². The maximum absolute atomic E-state index is 11.8. The summed E-state index contributed by atoms with van der Waals surface area (Å²) in [6.45, 7) is 5.36. The molecular weight excluding hydrogens is 260 g/mol. The summed E-state index contributed by atoms with van der Waals surface area (Å²) in [7, 11) is 0. The van der Waals surface area contributed by atoms with Crippen LogP contribution in [0.5, 0.6) is 0 Å². The molecule has 0 saturated carbocycles. The molecule has 1 aliphatic rings. The minimum Gasteiger partial charge on any atom is -0.377 e. The van der Waals surface area contributed by atoms with Crippen LogP contribution in [0.15, 0.2) is 42.0 Å². The monoisotopic (exact) mass is 286 g/mol. The van der Waals surface area contributed by atoms with Gasteiger partial charge in [-0.05, 0) is 55.6 Å². The van der Waals surface area contributed by atoms with Gasteiger partial charge in [0.05, 0.1) is 6.61 Å². The van der Waals surface area contributed by atoms with Crippen LogP contribution in [-0.4, -0.2) is 12.4 Å². The molecule has 0 heterocycles. The molecule has 0 amide bonds. The van der Waals surface area contributed by atoms with E-state index in [4.69, 9.17) is 4.74 Å². The Morgan fingerprint density at radius 1 is 1.29 bits per heavy atom. The fourth-order valence-corrected chi connectivity index (χ4v) is 3.28. The third kappa shape index (κ3) is 4.53. The van der Waals surface area contributed by atoms with Crippen molar-refractivity contribution in [2.24, 2.45) is 5.41 Å². The molecule has 0 radical (unpaired) electrons. The molecule has 0 aromatic heterocycles. The molecule has 2 nitrogen and oxygen atoms in total. The Morgan fingerprint density at radius 3 is 2.76 bits per heavy atom. The molecule has 0 saturated heterocycles. The fourth-order valence-electron chi connectivity index (χ4n) is 3.28. The van der Waals surface area contributed by atoms with Gasteiger partial charge >= 0.3 is 0 Å².